The summed E-state index contributed by atoms with van der Waals surface area (Å²) in [5, 5.41) is 0. The molecule has 22 heavy (non-hydrogen) atoms. The molecule has 1 atom stereocenters. The van der Waals surface area contributed by atoms with Crippen molar-refractivity contribution in [3.8, 4) is 0 Å². The van der Waals surface area contributed by atoms with Crippen molar-refractivity contribution >= 4 is 29.7 Å². The largest absolute Gasteiger partial charge is 0.463 e. The number of carbonyl (C=O) groups is 1. The number of hydrogen-bond donors (Lipinski definition) is 0. The van der Waals surface area contributed by atoms with E-state index < -0.39 is 23.7 Å². The number of hydrogen-bond acceptors (Lipinski definition) is 3. The van der Waals surface area contributed by atoms with E-state index in [-0.39, 0.29) is 12.1 Å². The van der Waals surface area contributed by atoms with Crippen molar-refractivity contribution in [3.05, 3.63) is 0 Å². The van der Waals surface area contributed by atoms with Gasteiger partial charge >= 0.3 is 5.97 Å². The van der Waals surface area contributed by atoms with E-state index in [1.165, 1.54) is 18.1 Å². The Labute approximate surface area is 141 Å². The van der Waals surface area contributed by atoms with Gasteiger partial charge in [0.15, 0.2) is 16.2 Å². The van der Waals surface area contributed by atoms with Crippen LogP contribution < -0.4 is 0 Å². The summed E-state index contributed by atoms with van der Waals surface area (Å²) in [6, 6.07) is 4.36. The van der Waals surface area contributed by atoms with Gasteiger partial charge in [-0.3, -0.25) is 4.79 Å². The molecule has 0 aliphatic carbocycles. The number of esters is 1. The first-order chi connectivity index (χ1) is 9.99. The average Bonchev–Trinajstić information content (AvgIpc) is 2.38. The van der Waals surface area contributed by atoms with Gasteiger partial charge in [0.25, 0.3) is 0 Å². The standard InChI is InChI=1S/C16H38O3Si3/c1-10-15(5)18-16(17)14-20(6,7)19-21(8,9)22(11-2,12-3)13-4/h15H,10-14H2,1-9H3. The van der Waals surface area contributed by atoms with Gasteiger partial charge in [-0.2, -0.15) is 0 Å². The topological polar surface area (TPSA) is 35.5 Å². The Bertz CT molecular complexity index is 344. The van der Waals surface area contributed by atoms with Crippen molar-refractivity contribution in [2.24, 2.45) is 0 Å². The molecule has 0 aliphatic heterocycles. The van der Waals surface area contributed by atoms with Gasteiger partial charge in [-0.1, -0.05) is 45.8 Å². The summed E-state index contributed by atoms with van der Waals surface area (Å²) >= 11 is 0. The van der Waals surface area contributed by atoms with Crippen molar-refractivity contribution in [1.29, 1.82) is 0 Å². The molecule has 0 fully saturated rings. The van der Waals surface area contributed by atoms with E-state index in [0.29, 0.717) is 6.04 Å². The van der Waals surface area contributed by atoms with Crippen molar-refractivity contribution in [2.45, 2.75) is 97.5 Å². The first-order valence-corrected chi connectivity index (χ1v) is 18.5. The normalized spacial score (nSPS) is 14.8. The Hall–Kier alpha value is 0.0806. The summed E-state index contributed by atoms with van der Waals surface area (Å²) in [6.45, 7) is 20.1. The summed E-state index contributed by atoms with van der Waals surface area (Å²) in [7, 11) is -5.10. The first-order valence-electron chi connectivity index (χ1n) is 8.88. The zero-order chi connectivity index (χ0) is 17.6. The average molecular weight is 363 g/mol. The molecule has 0 saturated heterocycles. The molecule has 0 aliphatic rings. The zero-order valence-electron chi connectivity index (χ0n) is 16.3. The van der Waals surface area contributed by atoms with Crippen LogP contribution in [0.25, 0.3) is 0 Å². The van der Waals surface area contributed by atoms with E-state index >= 15 is 0 Å². The summed E-state index contributed by atoms with van der Waals surface area (Å²) in [5.41, 5.74) is 0. The van der Waals surface area contributed by atoms with Gasteiger partial charge in [-0.05, 0) is 39.5 Å². The molecule has 0 aromatic heterocycles. The second-order valence-corrected chi connectivity index (χ2v) is 26.8. The molecule has 0 heterocycles. The van der Waals surface area contributed by atoms with Crippen LogP contribution in [0.1, 0.15) is 41.0 Å². The molecule has 132 valence electrons. The lowest BCUT2D eigenvalue weighted by Crippen LogP contribution is -2.63. The Morgan fingerprint density at radius 2 is 1.41 bits per heavy atom. The third-order valence-electron chi connectivity index (χ3n) is 5.32. The second kappa shape index (κ2) is 8.80. The number of carbonyl (C=O) groups excluding carboxylic acids is 1. The highest BCUT2D eigenvalue weighted by Crippen LogP contribution is 2.34. The van der Waals surface area contributed by atoms with Gasteiger partial charge in [0.05, 0.1) is 19.7 Å². The Morgan fingerprint density at radius 3 is 1.77 bits per heavy atom. The van der Waals surface area contributed by atoms with E-state index in [1.807, 2.05) is 13.8 Å². The summed E-state index contributed by atoms with van der Waals surface area (Å²) in [6.07, 6.45) is 0.879. The van der Waals surface area contributed by atoms with Gasteiger partial charge in [0, 0.05) is 0 Å². The van der Waals surface area contributed by atoms with Gasteiger partial charge in [-0.25, -0.2) is 0 Å². The molecular weight excluding hydrogens is 324 g/mol. The number of ether oxygens (including phenoxy) is 1. The van der Waals surface area contributed by atoms with Crippen LogP contribution in [0.2, 0.25) is 50.4 Å². The van der Waals surface area contributed by atoms with Crippen LogP contribution in [0, 0.1) is 0 Å². The fourth-order valence-corrected chi connectivity index (χ4v) is 27.2. The molecule has 6 heteroatoms. The van der Waals surface area contributed by atoms with Crippen LogP contribution >= 0.6 is 0 Å². The SMILES string of the molecule is CCC(C)OC(=O)C[Si](C)(C)O[Si](C)(C)[Si](CC)(CC)CC. The van der Waals surface area contributed by atoms with Crippen LogP contribution in [0.3, 0.4) is 0 Å². The molecular formula is C16H38O3Si3. The molecule has 0 aromatic carbocycles. The van der Waals surface area contributed by atoms with E-state index in [1.54, 1.807) is 0 Å². The highest BCUT2D eigenvalue weighted by molar-refractivity contribution is 7.40. The Balaban J connectivity index is 4.97. The van der Waals surface area contributed by atoms with E-state index in [4.69, 9.17) is 8.85 Å². The molecule has 0 bridgehead atoms. The quantitative estimate of drug-likeness (QED) is 0.388. The van der Waals surface area contributed by atoms with Gasteiger partial charge in [0.1, 0.15) is 0 Å². The Kier molecular flexibility index (Phi) is 8.83. The van der Waals surface area contributed by atoms with Crippen molar-refractivity contribution in [2.75, 3.05) is 0 Å². The zero-order valence-corrected chi connectivity index (χ0v) is 19.3. The molecule has 0 rings (SSSR count). The smallest absolute Gasteiger partial charge is 0.305 e. The molecule has 0 saturated carbocycles. The Morgan fingerprint density at radius 1 is 0.955 bits per heavy atom. The minimum Gasteiger partial charge on any atom is -0.463 e. The highest BCUT2D eigenvalue weighted by Gasteiger charge is 2.49. The first kappa shape index (κ1) is 22.1. The summed E-state index contributed by atoms with van der Waals surface area (Å²) in [4.78, 5) is 12.1. The van der Waals surface area contributed by atoms with E-state index in [9.17, 15) is 4.79 Å². The third-order valence-corrected chi connectivity index (χ3v) is 29.1. The molecule has 3 nitrogen and oxygen atoms in total. The van der Waals surface area contributed by atoms with Crippen molar-refractivity contribution in [3.63, 3.8) is 0 Å². The molecule has 0 radical (unpaired) electrons. The van der Waals surface area contributed by atoms with Gasteiger partial charge in [0.2, 0.25) is 0 Å². The van der Waals surface area contributed by atoms with Crippen LogP contribution in [0.5, 0.6) is 0 Å². The lowest BCUT2D eigenvalue weighted by Gasteiger charge is -2.46. The highest BCUT2D eigenvalue weighted by atomic mass is 29.3. The predicted molar refractivity (Wildman–Crippen MR) is 104 cm³/mol. The van der Waals surface area contributed by atoms with Crippen LogP contribution in [-0.4, -0.2) is 35.8 Å². The molecule has 0 amide bonds. The van der Waals surface area contributed by atoms with E-state index in [2.05, 4.69) is 47.0 Å². The summed E-state index contributed by atoms with van der Waals surface area (Å²) in [5.74, 6) is -0.0763. The molecule has 0 N–H and O–H groups in total. The van der Waals surface area contributed by atoms with Gasteiger partial charge < -0.3 is 8.85 Å². The molecule has 0 spiro atoms. The molecule has 1 unspecified atom stereocenters. The van der Waals surface area contributed by atoms with Crippen LogP contribution in [-0.2, 0) is 13.6 Å². The number of rotatable bonds is 10. The van der Waals surface area contributed by atoms with Gasteiger partial charge in [-0.15, -0.1) is 0 Å². The fraction of sp³-hybridized carbons (Fsp3) is 0.938. The van der Waals surface area contributed by atoms with E-state index in [0.717, 1.165) is 6.42 Å². The maximum Gasteiger partial charge on any atom is 0.305 e. The van der Waals surface area contributed by atoms with Crippen molar-refractivity contribution in [1.82, 2.24) is 0 Å². The minimum absolute atomic E-state index is 0.0120. The maximum atomic E-state index is 12.1. The monoisotopic (exact) mass is 362 g/mol. The second-order valence-electron chi connectivity index (χ2n) is 7.60. The lowest BCUT2D eigenvalue weighted by molar-refractivity contribution is -0.145. The maximum absolute atomic E-state index is 12.1. The summed E-state index contributed by atoms with van der Waals surface area (Å²) < 4.78 is 12.2. The van der Waals surface area contributed by atoms with Crippen LogP contribution in [0.4, 0.5) is 0 Å². The predicted octanol–water partition coefficient (Wildman–Crippen LogP) is 5.34. The minimum atomic E-state index is -2.02. The van der Waals surface area contributed by atoms with Crippen molar-refractivity contribution < 1.29 is 13.6 Å². The lowest BCUT2D eigenvalue weighted by atomic mass is 10.3. The van der Waals surface area contributed by atoms with Crippen LogP contribution in [0.15, 0.2) is 0 Å². The molecule has 0 aromatic rings. The third kappa shape index (κ3) is 5.94. The fourth-order valence-electron chi connectivity index (χ4n) is 3.56.